The van der Waals surface area contributed by atoms with Crippen LogP contribution in [-0.4, -0.2) is 67.6 Å². The highest BCUT2D eigenvalue weighted by Crippen LogP contribution is 2.36. The highest BCUT2D eigenvalue weighted by atomic mass is 16.5. The van der Waals surface area contributed by atoms with Gasteiger partial charge in [0.15, 0.2) is 0 Å². The summed E-state index contributed by atoms with van der Waals surface area (Å²) < 4.78 is 10.8. The fraction of sp³-hybridized carbons (Fsp3) is 0.435. The number of β-amino-alcohol motifs (C(OH)–C–C–N with tert-alkyl or cyclic N) is 1. The van der Waals surface area contributed by atoms with Crippen molar-refractivity contribution >= 4 is 11.6 Å². The number of aliphatic hydroxyl groups excluding tert-OH is 1. The van der Waals surface area contributed by atoms with Crippen LogP contribution in [0, 0.1) is 0 Å². The van der Waals surface area contributed by atoms with Crippen molar-refractivity contribution in [2.45, 2.75) is 24.5 Å². The number of hydrogen-bond donors (Lipinski definition) is 2. The number of likely N-dealkylation sites (tertiary alicyclic amines) is 1. The summed E-state index contributed by atoms with van der Waals surface area (Å²) in [6.07, 6.45) is 0.878. The molecule has 7 heteroatoms. The van der Waals surface area contributed by atoms with Crippen LogP contribution in [0.1, 0.15) is 12.8 Å². The maximum Gasteiger partial charge on any atom is 0.247 e. The summed E-state index contributed by atoms with van der Waals surface area (Å²) >= 11 is 0. The van der Waals surface area contributed by atoms with Crippen molar-refractivity contribution in [3.05, 3.63) is 54.6 Å². The zero-order valence-corrected chi connectivity index (χ0v) is 17.3. The van der Waals surface area contributed by atoms with E-state index >= 15 is 0 Å². The van der Waals surface area contributed by atoms with Gasteiger partial charge in [0, 0.05) is 25.3 Å². The van der Waals surface area contributed by atoms with Crippen molar-refractivity contribution in [3.8, 4) is 11.5 Å². The third-order valence-electron chi connectivity index (χ3n) is 6.06. The molecule has 2 N–H and O–H groups in total. The number of carbonyl (C=O) groups is 1. The lowest BCUT2D eigenvalue weighted by molar-refractivity contribution is -0.125. The number of rotatable bonds is 7. The minimum Gasteiger partial charge on any atom is -0.497 e. The van der Waals surface area contributed by atoms with Gasteiger partial charge in [0.25, 0.3) is 0 Å². The second-order valence-corrected chi connectivity index (χ2v) is 7.90. The topological polar surface area (TPSA) is 74.3 Å². The van der Waals surface area contributed by atoms with E-state index in [0.29, 0.717) is 19.0 Å². The number of para-hydroxylation sites is 1. The Morgan fingerprint density at radius 1 is 1.07 bits per heavy atom. The summed E-state index contributed by atoms with van der Waals surface area (Å²) in [5, 5.41) is 13.4. The molecule has 0 aromatic heterocycles. The van der Waals surface area contributed by atoms with E-state index in [1.807, 2.05) is 42.5 Å². The Kier molecular flexibility index (Phi) is 6.11. The van der Waals surface area contributed by atoms with Gasteiger partial charge in [-0.05, 0) is 49.2 Å². The molecule has 2 aromatic carbocycles. The van der Waals surface area contributed by atoms with E-state index in [0.717, 1.165) is 37.4 Å². The minimum absolute atomic E-state index is 0.106. The first kappa shape index (κ1) is 20.5. The zero-order valence-electron chi connectivity index (χ0n) is 17.3. The molecule has 30 heavy (non-hydrogen) atoms. The van der Waals surface area contributed by atoms with Gasteiger partial charge in [-0.2, -0.15) is 0 Å². The molecule has 1 atom stereocenters. The van der Waals surface area contributed by atoms with E-state index < -0.39 is 11.6 Å². The third kappa shape index (κ3) is 4.22. The lowest BCUT2D eigenvalue weighted by atomic mass is 9.85. The number of amides is 1. The monoisotopic (exact) mass is 411 g/mol. The molecule has 2 aromatic rings. The molecule has 2 aliphatic rings. The Balaban J connectivity index is 1.29. The Morgan fingerprint density at radius 3 is 2.40 bits per heavy atom. The number of anilines is 1. The first-order valence-corrected chi connectivity index (χ1v) is 10.4. The molecular formula is C23H29N3O4. The zero-order chi connectivity index (χ0) is 21.0. The predicted molar refractivity (Wildman–Crippen MR) is 115 cm³/mol. The van der Waals surface area contributed by atoms with E-state index in [-0.39, 0.29) is 12.5 Å². The molecule has 0 bridgehead atoms. The van der Waals surface area contributed by atoms with Crippen molar-refractivity contribution < 1.29 is 19.4 Å². The molecule has 0 saturated carbocycles. The van der Waals surface area contributed by atoms with Gasteiger partial charge in [-0.1, -0.05) is 18.2 Å². The van der Waals surface area contributed by atoms with Crippen LogP contribution >= 0.6 is 0 Å². The van der Waals surface area contributed by atoms with Crippen molar-refractivity contribution in [3.63, 3.8) is 0 Å². The van der Waals surface area contributed by atoms with Gasteiger partial charge in [-0.15, -0.1) is 0 Å². The summed E-state index contributed by atoms with van der Waals surface area (Å²) in [6, 6.07) is 17.4. The van der Waals surface area contributed by atoms with Crippen LogP contribution in [0.3, 0.4) is 0 Å². The predicted octanol–water partition coefficient (Wildman–Crippen LogP) is 1.86. The van der Waals surface area contributed by atoms with Crippen molar-refractivity contribution in [1.29, 1.82) is 0 Å². The average molecular weight is 412 g/mol. The van der Waals surface area contributed by atoms with E-state index in [2.05, 4.69) is 27.2 Å². The molecular weight excluding hydrogens is 382 g/mol. The van der Waals surface area contributed by atoms with Gasteiger partial charge >= 0.3 is 0 Å². The second kappa shape index (κ2) is 8.93. The number of benzene rings is 2. The molecule has 1 spiro atoms. The number of aliphatic hydroxyl groups is 1. The summed E-state index contributed by atoms with van der Waals surface area (Å²) in [4.78, 5) is 17.1. The Bertz CT molecular complexity index is 835. The van der Waals surface area contributed by atoms with Gasteiger partial charge in [-0.3, -0.25) is 4.79 Å². The molecule has 0 radical (unpaired) electrons. The van der Waals surface area contributed by atoms with E-state index in [1.54, 1.807) is 7.11 Å². The number of nitrogens with zero attached hydrogens (tertiary/aromatic N) is 2. The normalized spacial score (nSPS) is 19.5. The van der Waals surface area contributed by atoms with E-state index in [1.165, 1.54) is 0 Å². The van der Waals surface area contributed by atoms with Gasteiger partial charge in [-0.25, -0.2) is 0 Å². The maximum absolute atomic E-state index is 12.7. The first-order valence-electron chi connectivity index (χ1n) is 10.4. The first-order chi connectivity index (χ1) is 14.6. The number of carbonyl (C=O) groups excluding carboxylic acids is 1. The van der Waals surface area contributed by atoms with Crippen LogP contribution in [-0.2, 0) is 4.79 Å². The fourth-order valence-electron chi connectivity index (χ4n) is 4.35. The molecule has 2 saturated heterocycles. The highest BCUT2D eigenvalue weighted by molar-refractivity contribution is 5.93. The molecule has 2 fully saturated rings. The molecule has 7 nitrogen and oxygen atoms in total. The van der Waals surface area contributed by atoms with Gasteiger partial charge in [0.05, 0.1) is 13.8 Å². The smallest absolute Gasteiger partial charge is 0.247 e. The van der Waals surface area contributed by atoms with E-state index in [4.69, 9.17) is 9.47 Å². The van der Waals surface area contributed by atoms with Crippen LogP contribution in [0.5, 0.6) is 11.5 Å². The highest BCUT2D eigenvalue weighted by Gasteiger charge is 2.50. The quantitative estimate of drug-likeness (QED) is 0.725. The number of ether oxygens (including phenoxy) is 2. The molecule has 0 aliphatic carbocycles. The van der Waals surface area contributed by atoms with Gasteiger partial charge < -0.3 is 29.7 Å². The molecule has 2 aliphatic heterocycles. The average Bonchev–Trinajstić information content (AvgIpc) is 3.10. The SMILES string of the molecule is COc1ccc(OCC(O)CN2CCC3(CC2)C(=O)NCN3c2ccccc2)cc1. The van der Waals surface area contributed by atoms with Crippen molar-refractivity contribution in [2.75, 3.05) is 44.9 Å². The molecule has 4 rings (SSSR count). The molecule has 160 valence electrons. The molecule has 1 amide bonds. The standard InChI is InChI=1S/C23H29N3O4/c1-29-20-7-9-21(10-8-20)30-16-19(27)15-25-13-11-23(12-14-25)22(28)24-17-26(23)18-5-3-2-4-6-18/h2-10,19,27H,11-17H2,1H3,(H,24,28). The summed E-state index contributed by atoms with van der Waals surface area (Å²) in [6.45, 7) is 2.82. The summed E-state index contributed by atoms with van der Waals surface area (Å²) in [5.41, 5.74) is 0.569. The van der Waals surface area contributed by atoms with Crippen LogP contribution in [0.15, 0.2) is 54.6 Å². The number of methoxy groups -OCH3 is 1. The summed E-state index contributed by atoms with van der Waals surface area (Å²) in [5.74, 6) is 1.58. The van der Waals surface area contributed by atoms with Crippen LogP contribution in [0.25, 0.3) is 0 Å². The Labute approximate surface area is 177 Å². The number of piperidine rings is 1. The van der Waals surface area contributed by atoms with Crippen LogP contribution in [0.4, 0.5) is 5.69 Å². The molecule has 2 heterocycles. The van der Waals surface area contributed by atoms with E-state index in [9.17, 15) is 9.90 Å². The Morgan fingerprint density at radius 2 is 1.73 bits per heavy atom. The molecule has 1 unspecified atom stereocenters. The third-order valence-corrected chi connectivity index (χ3v) is 6.06. The lowest BCUT2D eigenvalue weighted by Gasteiger charge is -2.43. The second-order valence-electron chi connectivity index (χ2n) is 7.90. The maximum atomic E-state index is 12.7. The largest absolute Gasteiger partial charge is 0.497 e. The van der Waals surface area contributed by atoms with Crippen LogP contribution in [0.2, 0.25) is 0 Å². The minimum atomic E-state index is -0.594. The summed E-state index contributed by atoms with van der Waals surface area (Å²) in [7, 11) is 1.62. The van der Waals surface area contributed by atoms with Crippen molar-refractivity contribution in [2.24, 2.45) is 0 Å². The lowest BCUT2D eigenvalue weighted by Crippen LogP contribution is -2.57. The number of hydrogen-bond acceptors (Lipinski definition) is 6. The number of nitrogens with one attached hydrogen (secondary N) is 1. The fourth-order valence-corrected chi connectivity index (χ4v) is 4.35. The Hall–Kier alpha value is -2.77. The van der Waals surface area contributed by atoms with Gasteiger partial charge in [0.2, 0.25) is 5.91 Å². The van der Waals surface area contributed by atoms with Crippen molar-refractivity contribution in [1.82, 2.24) is 10.2 Å². The van der Waals surface area contributed by atoms with Gasteiger partial charge in [0.1, 0.15) is 29.7 Å². The van der Waals surface area contributed by atoms with Crippen LogP contribution < -0.4 is 19.7 Å².